The summed E-state index contributed by atoms with van der Waals surface area (Å²) in [6.07, 6.45) is 1.32. The standard InChI is InChI=1S/C14H25N3O4/c1-2-21-14(19)17-5-3-12(4-6-17)15-13(18)11-16-7-9-20-10-8-16/h12H,2-11H2,1H3,(H,15,18). The summed E-state index contributed by atoms with van der Waals surface area (Å²) in [4.78, 5) is 27.4. The molecule has 2 amide bonds. The molecule has 0 unspecified atom stereocenters. The van der Waals surface area contributed by atoms with Gasteiger partial charge in [0.1, 0.15) is 0 Å². The molecule has 120 valence electrons. The third-order valence-electron chi connectivity index (χ3n) is 3.86. The van der Waals surface area contributed by atoms with Crippen molar-refractivity contribution in [2.24, 2.45) is 0 Å². The van der Waals surface area contributed by atoms with Crippen molar-refractivity contribution in [3.63, 3.8) is 0 Å². The molecule has 0 aromatic heterocycles. The molecule has 2 heterocycles. The molecule has 0 aliphatic carbocycles. The summed E-state index contributed by atoms with van der Waals surface area (Å²) in [5.41, 5.74) is 0. The van der Waals surface area contributed by atoms with E-state index in [0.29, 0.717) is 39.5 Å². The molecule has 0 aromatic carbocycles. The van der Waals surface area contributed by atoms with Crippen LogP contribution in [0.25, 0.3) is 0 Å². The molecule has 2 aliphatic rings. The summed E-state index contributed by atoms with van der Waals surface area (Å²) < 4.78 is 10.2. The number of likely N-dealkylation sites (tertiary alicyclic amines) is 1. The Labute approximate surface area is 125 Å². The van der Waals surface area contributed by atoms with Crippen molar-refractivity contribution in [2.45, 2.75) is 25.8 Å². The van der Waals surface area contributed by atoms with Gasteiger partial charge in [-0.25, -0.2) is 4.79 Å². The Balaban J connectivity index is 1.65. The zero-order chi connectivity index (χ0) is 15.1. The van der Waals surface area contributed by atoms with Crippen LogP contribution in [0.3, 0.4) is 0 Å². The number of morpholine rings is 1. The van der Waals surface area contributed by atoms with Gasteiger partial charge in [-0.2, -0.15) is 0 Å². The predicted molar refractivity (Wildman–Crippen MR) is 77.0 cm³/mol. The van der Waals surface area contributed by atoms with E-state index in [9.17, 15) is 9.59 Å². The fourth-order valence-corrected chi connectivity index (χ4v) is 2.66. The Bertz CT molecular complexity index is 350. The van der Waals surface area contributed by atoms with Crippen LogP contribution < -0.4 is 5.32 Å². The molecular formula is C14H25N3O4. The topological polar surface area (TPSA) is 71.1 Å². The van der Waals surface area contributed by atoms with E-state index in [1.807, 2.05) is 0 Å². The van der Waals surface area contributed by atoms with E-state index in [2.05, 4.69) is 10.2 Å². The van der Waals surface area contributed by atoms with Gasteiger partial charge in [0.25, 0.3) is 0 Å². The number of nitrogens with one attached hydrogen (secondary N) is 1. The van der Waals surface area contributed by atoms with Crippen molar-refractivity contribution in [2.75, 3.05) is 52.5 Å². The van der Waals surface area contributed by atoms with E-state index in [1.165, 1.54) is 0 Å². The number of hydrogen-bond donors (Lipinski definition) is 1. The second-order valence-electron chi connectivity index (χ2n) is 5.42. The van der Waals surface area contributed by atoms with Crippen LogP contribution in [0.4, 0.5) is 4.79 Å². The smallest absolute Gasteiger partial charge is 0.409 e. The van der Waals surface area contributed by atoms with Gasteiger partial charge in [-0.1, -0.05) is 0 Å². The monoisotopic (exact) mass is 299 g/mol. The molecule has 0 saturated carbocycles. The number of carbonyl (C=O) groups excluding carboxylic acids is 2. The lowest BCUT2D eigenvalue weighted by Crippen LogP contribution is -2.50. The van der Waals surface area contributed by atoms with Crippen LogP contribution in [0.15, 0.2) is 0 Å². The molecule has 0 spiro atoms. The Hall–Kier alpha value is -1.34. The summed E-state index contributed by atoms with van der Waals surface area (Å²) in [6, 6.07) is 0.157. The van der Waals surface area contributed by atoms with Crippen LogP contribution in [0.1, 0.15) is 19.8 Å². The van der Waals surface area contributed by atoms with Crippen molar-refractivity contribution < 1.29 is 19.1 Å². The van der Waals surface area contributed by atoms with Gasteiger partial charge in [-0.15, -0.1) is 0 Å². The Morgan fingerprint density at radius 2 is 1.86 bits per heavy atom. The van der Waals surface area contributed by atoms with Crippen LogP contribution in [0.2, 0.25) is 0 Å². The molecule has 2 aliphatic heterocycles. The minimum Gasteiger partial charge on any atom is -0.450 e. The van der Waals surface area contributed by atoms with Gasteiger partial charge < -0.3 is 19.7 Å². The molecule has 0 aromatic rings. The summed E-state index contributed by atoms with van der Waals surface area (Å²) in [5, 5.41) is 3.06. The summed E-state index contributed by atoms with van der Waals surface area (Å²) in [6.45, 7) is 6.94. The van der Waals surface area contributed by atoms with Crippen molar-refractivity contribution in [3.8, 4) is 0 Å². The van der Waals surface area contributed by atoms with E-state index in [0.717, 1.165) is 25.9 Å². The van der Waals surface area contributed by atoms with Crippen LogP contribution in [0, 0.1) is 0 Å². The molecule has 2 saturated heterocycles. The Kier molecular flexibility index (Phi) is 6.25. The van der Waals surface area contributed by atoms with Gasteiger partial charge in [0, 0.05) is 32.2 Å². The van der Waals surface area contributed by atoms with Gasteiger partial charge in [-0.3, -0.25) is 9.69 Å². The van der Waals surface area contributed by atoms with Gasteiger partial charge in [0.05, 0.1) is 26.4 Å². The van der Waals surface area contributed by atoms with Crippen molar-refractivity contribution in [3.05, 3.63) is 0 Å². The second kappa shape index (κ2) is 8.19. The summed E-state index contributed by atoms with van der Waals surface area (Å²) in [7, 11) is 0. The van der Waals surface area contributed by atoms with Crippen molar-refractivity contribution >= 4 is 12.0 Å². The molecule has 21 heavy (non-hydrogen) atoms. The van der Waals surface area contributed by atoms with Gasteiger partial charge >= 0.3 is 6.09 Å². The van der Waals surface area contributed by atoms with E-state index in [4.69, 9.17) is 9.47 Å². The summed E-state index contributed by atoms with van der Waals surface area (Å²) >= 11 is 0. The number of ether oxygens (including phenoxy) is 2. The first-order valence-electron chi connectivity index (χ1n) is 7.70. The Morgan fingerprint density at radius 1 is 1.19 bits per heavy atom. The van der Waals surface area contributed by atoms with E-state index in [-0.39, 0.29) is 18.0 Å². The number of rotatable bonds is 4. The maximum Gasteiger partial charge on any atom is 0.409 e. The largest absolute Gasteiger partial charge is 0.450 e. The zero-order valence-electron chi connectivity index (χ0n) is 12.7. The lowest BCUT2D eigenvalue weighted by Gasteiger charge is -2.32. The molecule has 7 nitrogen and oxygen atoms in total. The molecule has 1 N–H and O–H groups in total. The minimum absolute atomic E-state index is 0.0616. The molecule has 2 fully saturated rings. The molecule has 0 atom stereocenters. The second-order valence-corrected chi connectivity index (χ2v) is 5.42. The number of amides is 2. The van der Waals surface area contributed by atoms with Crippen molar-refractivity contribution in [1.82, 2.24) is 15.1 Å². The third kappa shape index (κ3) is 5.17. The molecule has 0 radical (unpaired) electrons. The van der Waals surface area contributed by atoms with E-state index < -0.39 is 0 Å². The van der Waals surface area contributed by atoms with E-state index >= 15 is 0 Å². The maximum atomic E-state index is 12.0. The Morgan fingerprint density at radius 3 is 2.48 bits per heavy atom. The molecule has 7 heteroatoms. The van der Waals surface area contributed by atoms with Crippen molar-refractivity contribution in [1.29, 1.82) is 0 Å². The first kappa shape index (κ1) is 16.0. The first-order chi connectivity index (χ1) is 10.2. The SMILES string of the molecule is CCOC(=O)N1CCC(NC(=O)CN2CCOCC2)CC1. The van der Waals surface area contributed by atoms with Gasteiger partial charge in [0.15, 0.2) is 0 Å². The maximum absolute atomic E-state index is 12.0. The van der Waals surface area contributed by atoms with Crippen LogP contribution in [0.5, 0.6) is 0 Å². The summed E-state index contributed by atoms with van der Waals surface area (Å²) in [5.74, 6) is 0.0616. The lowest BCUT2D eigenvalue weighted by molar-refractivity contribution is -0.124. The third-order valence-corrected chi connectivity index (χ3v) is 3.86. The zero-order valence-corrected chi connectivity index (χ0v) is 12.7. The van der Waals surface area contributed by atoms with Crippen LogP contribution in [-0.4, -0.2) is 80.4 Å². The highest BCUT2D eigenvalue weighted by molar-refractivity contribution is 5.78. The van der Waals surface area contributed by atoms with Crippen LogP contribution in [-0.2, 0) is 14.3 Å². The average molecular weight is 299 g/mol. The molecule has 2 rings (SSSR count). The number of carbonyl (C=O) groups is 2. The number of hydrogen-bond acceptors (Lipinski definition) is 5. The average Bonchev–Trinajstić information content (AvgIpc) is 2.49. The fourth-order valence-electron chi connectivity index (χ4n) is 2.66. The number of nitrogens with zero attached hydrogens (tertiary/aromatic N) is 2. The quantitative estimate of drug-likeness (QED) is 0.794. The van der Waals surface area contributed by atoms with Gasteiger partial charge in [-0.05, 0) is 19.8 Å². The first-order valence-corrected chi connectivity index (χ1v) is 7.70. The predicted octanol–water partition coefficient (Wildman–Crippen LogP) is 0.0557. The fraction of sp³-hybridized carbons (Fsp3) is 0.857. The highest BCUT2D eigenvalue weighted by Gasteiger charge is 2.25. The van der Waals surface area contributed by atoms with Crippen LogP contribution >= 0.6 is 0 Å². The highest BCUT2D eigenvalue weighted by atomic mass is 16.6. The molecule has 0 bridgehead atoms. The van der Waals surface area contributed by atoms with Gasteiger partial charge in [0.2, 0.25) is 5.91 Å². The number of piperidine rings is 1. The van der Waals surface area contributed by atoms with E-state index in [1.54, 1.807) is 11.8 Å². The normalized spacial score (nSPS) is 21.1. The lowest BCUT2D eigenvalue weighted by atomic mass is 10.1. The highest BCUT2D eigenvalue weighted by Crippen LogP contribution is 2.11. The minimum atomic E-state index is -0.254. The molecular weight excluding hydrogens is 274 g/mol.